The number of nitrogens with zero attached hydrogens (tertiary/aromatic N) is 1. The summed E-state index contributed by atoms with van der Waals surface area (Å²) in [5, 5.41) is 8.60. The molecule has 0 aromatic heterocycles. The monoisotopic (exact) mass is 185 g/mol. The molecule has 1 N–H and O–H groups in total. The highest BCUT2D eigenvalue weighted by molar-refractivity contribution is 5.66. The largest absolute Gasteiger partial charge is 0.481 e. The Balaban J connectivity index is 2.20. The van der Waals surface area contributed by atoms with Crippen molar-refractivity contribution in [1.29, 1.82) is 0 Å². The van der Waals surface area contributed by atoms with Crippen LogP contribution in [0.3, 0.4) is 0 Å². The van der Waals surface area contributed by atoms with Gasteiger partial charge in [-0.1, -0.05) is 6.92 Å². The van der Waals surface area contributed by atoms with Crippen molar-refractivity contribution in [3.63, 3.8) is 0 Å². The maximum absolute atomic E-state index is 10.4. The molecule has 1 fully saturated rings. The van der Waals surface area contributed by atoms with E-state index in [0.717, 1.165) is 18.9 Å². The first-order valence-electron chi connectivity index (χ1n) is 4.98. The smallest absolute Gasteiger partial charge is 0.303 e. The Morgan fingerprint density at radius 2 is 2.38 bits per heavy atom. The Hall–Kier alpha value is -0.570. The normalized spacial score (nSPS) is 26.2. The van der Waals surface area contributed by atoms with Gasteiger partial charge in [-0.25, -0.2) is 0 Å². The van der Waals surface area contributed by atoms with E-state index in [9.17, 15) is 4.79 Å². The molecule has 0 aromatic carbocycles. The van der Waals surface area contributed by atoms with E-state index in [2.05, 4.69) is 11.9 Å². The third kappa shape index (κ3) is 3.77. The number of likely N-dealkylation sites (tertiary alicyclic amines) is 1. The van der Waals surface area contributed by atoms with Gasteiger partial charge < -0.3 is 10.0 Å². The molecule has 3 heteroatoms. The number of carbonyl (C=O) groups is 1. The van der Waals surface area contributed by atoms with Crippen molar-refractivity contribution in [2.24, 2.45) is 11.8 Å². The molecule has 0 bridgehead atoms. The molecule has 1 rings (SSSR count). The van der Waals surface area contributed by atoms with Crippen LogP contribution in [0.1, 0.15) is 26.2 Å². The van der Waals surface area contributed by atoms with Crippen molar-refractivity contribution in [1.82, 2.24) is 4.90 Å². The first-order valence-corrected chi connectivity index (χ1v) is 4.98. The van der Waals surface area contributed by atoms with Gasteiger partial charge in [0, 0.05) is 13.0 Å². The van der Waals surface area contributed by atoms with Crippen molar-refractivity contribution in [2.45, 2.75) is 26.2 Å². The molecule has 0 aliphatic carbocycles. The van der Waals surface area contributed by atoms with E-state index in [1.54, 1.807) is 0 Å². The van der Waals surface area contributed by atoms with Gasteiger partial charge in [0.1, 0.15) is 0 Å². The fourth-order valence-corrected chi connectivity index (χ4v) is 2.17. The lowest BCUT2D eigenvalue weighted by molar-refractivity contribution is -0.138. The molecule has 0 spiro atoms. The van der Waals surface area contributed by atoms with Gasteiger partial charge in [0.25, 0.3) is 0 Å². The summed E-state index contributed by atoms with van der Waals surface area (Å²) in [5.74, 6) is 0.382. The predicted molar refractivity (Wildman–Crippen MR) is 51.6 cm³/mol. The van der Waals surface area contributed by atoms with E-state index < -0.39 is 5.97 Å². The van der Waals surface area contributed by atoms with E-state index in [0.29, 0.717) is 12.3 Å². The molecule has 1 heterocycles. The lowest BCUT2D eigenvalue weighted by Crippen LogP contribution is -2.16. The summed E-state index contributed by atoms with van der Waals surface area (Å²) in [5.41, 5.74) is 0. The molecular formula is C10H19NO2. The minimum atomic E-state index is -0.668. The van der Waals surface area contributed by atoms with Crippen LogP contribution < -0.4 is 0 Å². The van der Waals surface area contributed by atoms with Crippen LogP contribution in [0, 0.1) is 11.8 Å². The molecule has 2 atom stereocenters. The summed E-state index contributed by atoms with van der Waals surface area (Å²) in [7, 11) is 2.13. The van der Waals surface area contributed by atoms with Crippen molar-refractivity contribution in [3.8, 4) is 0 Å². The summed E-state index contributed by atoms with van der Waals surface area (Å²) in [6, 6.07) is 0. The standard InChI is InChI=1S/C10H19NO2/c1-8(6-10(12)13)5-9-3-4-11(2)7-9/h8-9H,3-7H2,1-2H3,(H,12,13). The van der Waals surface area contributed by atoms with Crippen LogP contribution in [0.15, 0.2) is 0 Å². The SMILES string of the molecule is CC(CC(=O)O)CC1CCN(C)C1. The van der Waals surface area contributed by atoms with Crippen molar-refractivity contribution < 1.29 is 9.90 Å². The molecule has 0 radical (unpaired) electrons. The molecule has 0 aromatic rings. The average Bonchev–Trinajstić information content (AvgIpc) is 2.33. The Morgan fingerprint density at radius 3 is 2.85 bits per heavy atom. The fourth-order valence-electron chi connectivity index (χ4n) is 2.17. The van der Waals surface area contributed by atoms with Crippen LogP contribution in [0.5, 0.6) is 0 Å². The topological polar surface area (TPSA) is 40.5 Å². The zero-order valence-electron chi connectivity index (χ0n) is 8.49. The minimum absolute atomic E-state index is 0.320. The quantitative estimate of drug-likeness (QED) is 0.720. The third-order valence-corrected chi connectivity index (χ3v) is 2.75. The zero-order valence-corrected chi connectivity index (χ0v) is 8.49. The summed E-state index contributed by atoms with van der Waals surface area (Å²) in [6.07, 6.45) is 2.62. The highest BCUT2D eigenvalue weighted by Crippen LogP contribution is 2.23. The summed E-state index contributed by atoms with van der Waals surface area (Å²) in [6.45, 7) is 4.35. The zero-order chi connectivity index (χ0) is 9.84. The molecule has 0 saturated carbocycles. The van der Waals surface area contributed by atoms with E-state index in [-0.39, 0.29) is 0 Å². The average molecular weight is 185 g/mol. The van der Waals surface area contributed by atoms with E-state index in [1.807, 2.05) is 6.92 Å². The summed E-state index contributed by atoms with van der Waals surface area (Å²) in [4.78, 5) is 12.8. The number of hydrogen-bond donors (Lipinski definition) is 1. The van der Waals surface area contributed by atoms with Crippen LogP contribution >= 0.6 is 0 Å². The first-order chi connectivity index (χ1) is 6.08. The van der Waals surface area contributed by atoms with Crippen LogP contribution in [0.2, 0.25) is 0 Å². The van der Waals surface area contributed by atoms with Gasteiger partial charge in [-0.05, 0) is 38.3 Å². The van der Waals surface area contributed by atoms with Gasteiger partial charge in [0.05, 0.1) is 0 Å². The first kappa shape index (κ1) is 10.5. The molecule has 2 unspecified atom stereocenters. The Bertz CT molecular complexity index is 182. The second-order valence-electron chi connectivity index (χ2n) is 4.36. The molecule has 1 aliphatic rings. The third-order valence-electron chi connectivity index (χ3n) is 2.75. The number of aliphatic carboxylic acids is 1. The number of carboxylic acids is 1. The Kier molecular flexibility index (Phi) is 3.72. The molecule has 0 amide bonds. The van der Waals surface area contributed by atoms with E-state index in [1.165, 1.54) is 13.0 Å². The van der Waals surface area contributed by atoms with Gasteiger partial charge in [0.2, 0.25) is 0 Å². The molecular weight excluding hydrogens is 166 g/mol. The van der Waals surface area contributed by atoms with Crippen LogP contribution in [0.4, 0.5) is 0 Å². The van der Waals surface area contributed by atoms with Crippen LogP contribution in [-0.2, 0) is 4.79 Å². The predicted octanol–water partition coefficient (Wildman–Crippen LogP) is 1.44. The molecule has 1 saturated heterocycles. The molecule has 1 aliphatic heterocycles. The number of carboxylic acid groups (broad SMARTS) is 1. The highest BCUT2D eigenvalue weighted by atomic mass is 16.4. The minimum Gasteiger partial charge on any atom is -0.481 e. The summed E-state index contributed by atoms with van der Waals surface area (Å²) >= 11 is 0. The lowest BCUT2D eigenvalue weighted by atomic mass is 9.93. The lowest BCUT2D eigenvalue weighted by Gasteiger charge is -2.14. The molecule has 3 nitrogen and oxygen atoms in total. The Morgan fingerprint density at radius 1 is 1.69 bits per heavy atom. The van der Waals surface area contributed by atoms with Gasteiger partial charge in [-0.15, -0.1) is 0 Å². The Labute approximate surface area is 79.7 Å². The maximum atomic E-state index is 10.4. The van der Waals surface area contributed by atoms with Gasteiger partial charge in [-0.3, -0.25) is 4.79 Å². The van der Waals surface area contributed by atoms with Crippen LogP contribution in [0.25, 0.3) is 0 Å². The summed E-state index contributed by atoms with van der Waals surface area (Å²) < 4.78 is 0. The highest BCUT2D eigenvalue weighted by Gasteiger charge is 2.22. The van der Waals surface area contributed by atoms with Gasteiger partial charge in [-0.2, -0.15) is 0 Å². The second-order valence-corrected chi connectivity index (χ2v) is 4.36. The van der Waals surface area contributed by atoms with Crippen molar-refractivity contribution >= 4 is 5.97 Å². The number of hydrogen-bond acceptors (Lipinski definition) is 2. The molecule has 13 heavy (non-hydrogen) atoms. The van der Waals surface area contributed by atoms with Crippen LogP contribution in [-0.4, -0.2) is 36.1 Å². The van der Waals surface area contributed by atoms with Crippen molar-refractivity contribution in [3.05, 3.63) is 0 Å². The fraction of sp³-hybridized carbons (Fsp3) is 0.900. The van der Waals surface area contributed by atoms with E-state index in [4.69, 9.17) is 5.11 Å². The second kappa shape index (κ2) is 4.61. The maximum Gasteiger partial charge on any atom is 0.303 e. The number of rotatable bonds is 4. The van der Waals surface area contributed by atoms with Gasteiger partial charge in [0.15, 0.2) is 0 Å². The molecule has 76 valence electrons. The van der Waals surface area contributed by atoms with E-state index >= 15 is 0 Å². The van der Waals surface area contributed by atoms with Gasteiger partial charge >= 0.3 is 5.97 Å². The van der Waals surface area contributed by atoms with Crippen molar-refractivity contribution in [2.75, 3.05) is 20.1 Å².